The number of nitrogens with two attached hydrogens (primary N) is 1. The van der Waals surface area contributed by atoms with Crippen molar-refractivity contribution in [3.05, 3.63) is 65.7 Å². The number of carbonyl (C=O) groups is 2. The molecule has 9 heteroatoms. The van der Waals surface area contributed by atoms with Crippen LogP contribution in [0.5, 0.6) is 0 Å². The smallest absolute Gasteiger partial charge is 0.369 e. The van der Waals surface area contributed by atoms with Crippen LogP contribution < -0.4 is 16.0 Å². The fraction of sp³-hybridized carbons (Fsp3) is 0.300. The van der Waals surface area contributed by atoms with Gasteiger partial charge in [-0.1, -0.05) is 36.4 Å². The van der Waals surface area contributed by atoms with Gasteiger partial charge in [0.2, 0.25) is 5.91 Å². The molecule has 0 saturated carbocycles. The highest BCUT2D eigenvalue weighted by Crippen LogP contribution is 2.32. The molecule has 29 heavy (non-hydrogen) atoms. The molecule has 2 aromatic carbocycles. The van der Waals surface area contributed by atoms with Crippen LogP contribution in [0, 0.1) is 0 Å². The summed E-state index contributed by atoms with van der Waals surface area (Å²) in [6.07, 6.45) is -4.40. The standard InChI is InChI=1S/C20H21F3N4O2/c21-20(22,23)15-7-4-8-16(13-15)26-9-11-27(12-10-26)17(18(28)25-19(24)29)14-5-2-1-3-6-14/h1-8,13,17H,9-12H2,(H3,24,25,28,29)/t17-/m1/s1. The van der Waals surface area contributed by atoms with Gasteiger partial charge in [0.15, 0.2) is 0 Å². The number of carbonyl (C=O) groups excluding carboxylic acids is 2. The van der Waals surface area contributed by atoms with Gasteiger partial charge >= 0.3 is 12.2 Å². The minimum Gasteiger partial charge on any atom is -0.369 e. The lowest BCUT2D eigenvalue weighted by atomic mass is 10.0. The summed E-state index contributed by atoms with van der Waals surface area (Å²) in [7, 11) is 0. The third-order valence-electron chi connectivity index (χ3n) is 4.83. The molecule has 3 N–H and O–H groups in total. The first-order valence-electron chi connectivity index (χ1n) is 9.07. The van der Waals surface area contributed by atoms with Crippen molar-refractivity contribution in [1.29, 1.82) is 0 Å². The number of hydrogen-bond acceptors (Lipinski definition) is 4. The molecule has 0 bridgehead atoms. The van der Waals surface area contributed by atoms with Crippen molar-refractivity contribution in [3.8, 4) is 0 Å². The van der Waals surface area contributed by atoms with Crippen LogP contribution in [-0.4, -0.2) is 43.0 Å². The van der Waals surface area contributed by atoms with Crippen molar-refractivity contribution < 1.29 is 22.8 Å². The topological polar surface area (TPSA) is 78.7 Å². The number of hydrogen-bond donors (Lipinski definition) is 2. The molecule has 1 aliphatic rings. The highest BCUT2D eigenvalue weighted by Gasteiger charge is 2.33. The molecule has 0 spiro atoms. The fourth-order valence-corrected chi connectivity index (χ4v) is 3.47. The molecular weight excluding hydrogens is 385 g/mol. The number of urea groups is 1. The molecule has 0 radical (unpaired) electrons. The molecule has 154 valence electrons. The van der Waals surface area contributed by atoms with Gasteiger partial charge in [0.1, 0.15) is 6.04 Å². The minimum atomic E-state index is -4.40. The molecule has 1 atom stereocenters. The zero-order chi connectivity index (χ0) is 21.0. The molecule has 0 unspecified atom stereocenters. The number of piperazine rings is 1. The second-order valence-electron chi connectivity index (χ2n) is 6.74. The van der Waals surface area contributed by atoms with E-state index in [0.717, 1.165) is 12.1 Å². The average Bonchev–Trinajstić information content (AvgIpc) is 2.68. The number of nitrogens with zero attached hydrogens (tertiary/aromatic N) is 2. The van der Waals surface area contributed by atoms with E-state index >= 15 is 0 Å². The Morgan fingerprint density at radius 1 is 0.966 bits per heavy atom. The van der Waals surface area contributed by atoms with Gasteiger partial charge in [0.05, 0.1) is 5.56 Å². The Morgan fingerprint density at radius 3 is 2.21 bits per heavy atom. The van der Waals surface area contributed by atoms with E-state index in [4.69, 9.17) is 5.73 Å². The molecule has 1 heterocycles. The van der Waals surface area contributed by atoms with Crippen molar-refractivity contribution in [2.24, 2.45) is 5.73 Å². The maximum atomic E-state index is 13.0. The summed E-state index contributed by atoms with van der Waals surface area (Å²) in [5.41, 5.74) is 5.59. The van der Waals surface area contributed by atoms with Crippen LogP contribution in [-0.2, 0) is 11.0 Å². The van der Waals surface area contributed by atoms with E-state index < -0.39 is 29.7 Å². The third kappa shape index (κ3) is 5.05. The van der Waals surface area contributed by atoms with E-state index in [1.807, 2.05) is 15.9 Å². The van der Waals surface area contributed by atoms with E-state index in [2.05, 4.69) is 5.32 Å². The number of primary amides is 1. The van der Waals surface area contributed by atoms with Crippen molar-refractivity contribution in [3.63, 3.8) is 0 Å². The minimum absolute atomic E-state index is 0.433. The molecule has 0 aromatic heterocycles. The highest BCUT2D eigenvalue weighted by molar-refractivity contribution is 5.96. The number of rotatable bonds is 4. The molecule has 1 aliphatic heterocycles. The first-order valence-corrected chi connectivity index (χ1v) is 9.07. The van der Waals surface area contributed by atoms with Crippen molar-refractivity contribution >= 4 is 17.6 Å². The first-order chi connectivity index (χ1) is 13.8. The molecule has 1 saturated heterocycles. The average molecular weight is 406 g/mol. The summed E-state index contributed by atoms with van der Waals surface area (Å²) in [6, 6.07) is 12.5. The van der Waals surface area contributed by atoms with Crippen LogP contribution in [0.1, 0.15) is 17.2 Å². The third-order valence-corrected chi connectivity index (χ3v) is 4.83. The van der Waals surface area contributed by atoms with Gasteiger partial charge in [0, 0.05) is 31.9 Å². The van der Waals surface area contributed by atoms with E-state index in [-0.39, 0.29) is 0 Å². The second kappa shape index (κ2) is 8.52. The van der Waals surface area contributed by atoms with Crippen molar-refractivity contribution in [2.75, 3.05) is 31.1 Å². The van der Waals surface area contributed by atoms with Gasteiger partial charge in [0.25, 0.3) is 0 Å². The van der Waals surface area contributed by atoms with Gasteiger partial charge in [-0.2, -0.15) is 13.2 Å². The van der Waals surface area contributed by atoms with Gasteiger partial charge in [-0.15, -0.1) is 0 Å². The van der Waals surface area contributed by atoms with Gasteiger partial charge in [-0.25, -0.2) is 4.79 Å². The van der Waals surface area contributed by atoms with Crippen LogP contribution in [0.2, 0.25) is 0 Å². The molecule has 2 aromatic rings. The number of anilines is 1. The van der Waals surface area contributed by atoms with Crippen LogP contribution in [0.15, 0.2) is 54.6 Å². The lowest BCUT2D eigenvalue weighted by Gasteiger charge is -2.39. The monoisotopic (exact) mass is 406 g/mol. The Morgan fingerprint density at radius 2 is 1.62 bits per heavy atom. The molecular formula is C20H21F3N4O2. The van der Waals surface area contributed by atoms with E-state index in [9.17, 15) is 22.8 Å². The lowest BCUT2D eigenvalue weighted by Crippen LogP contribution is -2.52. The molecule has 3 rings (SSSR count). The van der Waals surface area contributed by atoms with Crippen molar-refractivity contribution in [2.45, 2.75) is 12.2 Å². The maximum absolute atomic E-state index is 13.0. The number of alkyl halides is 3. The summed E-state index contributed by atoms with van der Waals surface area (Å²) in [5.74, 6) is -0.531. The van der Waals surface area contributed by atoms with E-state index in [0.29, 0.717) is 37.4 Å². The largest absolute Gasteiger partial charge is 0.416 e. The summed E-state index contributed by atoms with van der Waals surface area (Å²) in [6.45, 7) is 1.74. The molecule has 0 aliphatic carbocycles. The van der Waals surface area contributed by atoms with Gasteiger partial charge in [-0.3, -0.25) is 15.0 Å². The number of halogens is 3. The van der Waals surface area contributed by atoms with Crippen LogP contribution in [0.4, 0.5) is 23.7 Å². The molecule has 3 amide bonds. The number of nitrogens with one attached hydrogen (secondary N) is 1. The highest BCUT2D eigenvalue weighted by atomic mass is 19.4. The summed E-state index contributed by atoms with van der Waals surface area (Å²) in [4.78, 5) is 27.5. The van der Waals surface area contributed by atoms with E-state index in [1.165, 1.54) is 6.07 Å². The zero-order valence-electron chi connectivity index (χ0n) is 15.5. The summed E-state index contributed by atoms with van der Waals surface area (Å²) < 4.78 is 38.9. The van der Waals surface area contributed by atoms with Crippen LogP contribution in [0.25, 0.3) is 0 Å². The quantitative estimate of drug-likeness (QED) is 0.819. The molecule has 6 nitrogen and oxygen atoms in total. The zero-order valence-corrected chi connectivity index (χ0v) is 15.5. The summed E-state index contributed by atoms with van der Waals surface area (Å²) in [5, 5.41) is 2.13. The Balaban J connectivity index is 1.75. The molecule has 1 fully saturated rings. The first kappa shape index (κ1) is 20.7. The summed E-state index contributed by atoms with van der Waals surface area (Å²) >= 11 is 0. The fourth-order valence-electron chi connectivity index (χ4n) is 3.47. The predicted octanol–water partition coefficient (Wildman–Crippen LogP) is 2.76. The second-order valence-corrected chi connectivity index (χ2v) is 6.74. The Bertz CT molecular complexity index is 866. The SMILES string of the molecule is NC(=O)NC(=O)[C@@H](c1ccccc1)N1CCN(c2cccc(C(F)(F)F)c2)CC1. The number of imide groups is 1. The maximum Gasteiger partial charge on any atom is 0.416 e. The van der Waals surface area contributed by atoms with Gasteiger partial charge < -0.3 is 10.6 Å². The normalized spacial score (nSPS) is 16.3. The number of amides is 3. The van der Waals surface area contributed by atoms with Gasteiger partial charge in [-0.05, 0) is 23.8 Å². The van der Waals surface area contributed by atoms with Crippen LogP contribution in [0.3, 0.4) is 0 Å². The predicted molar refractivity (Wildman–Crippen MR) is 102 cm³/mol. The lowest BCUT2D eigenvalue weighted by molar-refractivity contribution is -0.137. The Labute approximate surface area is 166 Å². The van der Waals surface area contributed by atoms with Crippen LogP contribution >= 0.6 is 0 Å². The van der Waals surface area contributed by atoms with Crippen molar-refractivity contribution in [1.82, 2.24) is 10.2 Å². The Hall–Kier alpha value is -3.07. The Kier molecular flexibility index (Phi) is 6.07. The number of benzene rings is 2. The van der Waals surface area contributed by atoms with E-state index in [1.54, 1.807) is 30.3 Å².